The number of rotatable bonds is 4. The van der Waals surface area contributed by atoms with E-state index in [1.807, 2.05) is 24.1 Å². The van der Waals surface area contributed by atoms with Crippen molar-refractivity contribution in [1.29, 1.82) is 0 Å². The van der Waals surface area contributed by atoms with Gasteiger partial charge in [-0.25, -0.2) is 9.69 Å². The molecule has 1 N–H and O–H groups in total. The van der Waals surface area contributed by atoms with Gasteiger partial charge in [-0.3, -0.25) is 9.69 Å². The molecule has 1 saturated heterocycles. The van der Waals surface area contributed by atoms with Crippen molar-refractivity contribution < 1.29 is 9.59 Å². The summed E-state index contributed by atoms with van der Waals surface area (Å²) in [5.74, 6) is 0.505. The quantitative estimate of drug-likeness (QED) is 0.802. The minimum absolute atomic E-state index is 0.103. The van der Waals surface area contributed by atoms with E-state index < -0.39 is 5.54 Å². The van der Waals surface area contributed by atoms with Crippen LogP contribution in [0.3, 0.4) is 0 Å². The molecule has 0 bridgehead atoms. The second-order valence-corrected chi connectivity index (χ2v) is 8.08. The summed E-state index contributed by atoms with van der Waals surface area (Å²) in [5, 5.41) is 3.95. The van der Waals surface area contributed by atoms with Crippen molar-refractivity contribution in [1.82, 2.24) is 15.1 Å². The SMILES string of the molecule is CC1CCC2(CC1)NC(=O)N(CN(C)Cc1cccc(Cl)c1Cl)C2=O. The van der Waals surface area contributed by atoms with E-state index in [1.54, 1.807) is 6.07 Å². The predicted octanol–water partition coefficient (Wildman–Crippen LogP) is 3.88. The Kier molecular flexibility index (Phi) is 5.28. The Hall–Kier alpha value is -1.30. The van der Waals surface area contributed by atoms with Gasteiger partial charge in [0, 0.05) is 6.54 Å². The molecule has 1 aromatic carbocycles. The van der Waals surface area contributed by atoms with Crippen molar-refractivity contribution >= 4 is 35.1 Å². The standard InChI is InChI=1S/C18H23Cl2N3O2/c1-12-6-8-18(9-7-12)16(24)23(17(25)21-18)11-22(2)10-13-4-3-5-14(19)15(13)20/h3-5,12H,6-11H2,1-2H3,(H,21,25). The van der Waals surface area contributed by atoms with Crippen LogP contribution in [0.25, 0.3) is 0 Å². The van der Waals surface area contributed by atoms with E-state index in [1.165, 1.54) is 4.90 Å². The molecule has 1 heterocycles. The van der Waals surface area contributed by atoms with Crippen LogP contribution in [0.4, 0.5) is 4.79 Å². The summed E-state index contributed by atoms with van der Waals surface area (Å²) in [5.41, 5.74) is 0.169. The number of halogens is 2. The number of hydrogen-bond acceptors (Lipinski definition) is 3. The number of urea groups is 1. The number of imide groups is 1. The maximum Gasteiger partial charge on any atom is 0.326 e. The lowest BCUT2D eigenvalue weighted by Crippen LogP contribution is -2.49. The summed E-state index contributed by atoms with van der Waals surface area (Å²) < 4.78 is 0. The minimum atomic E-state index is -0.696. The van der Waals surface area contributed by atoms with E-state index in [0.29, 0.717) is 22.5 Å². The highest BCUT2D eigenvalue weighted by Crippen LogP contribution is 2.36. The summed E-state index contributed by atoms with van der Waals surface area (Å²) in [4.78, 5) is 28.4. The number of carbonyl (C=O) groups is 2. The predicted molar refractivity (Wildman–Crippen MR) is 98.5 cm³/mol. The summed E-state index contributed by atoms with van der Waals surface area (Å²) in [6.45, 7) is 2.92. The van der Waals surface area contributed by atoms with Gasteiger partial charge in [-0.15, -0.1) is 0 Å². The Balaban J connectivity index is 1.67. The lowest BCUT2D eigenvalue weighted by Gasteiger charge is -2.33. The number of nitrogens with one attached hydrogen (secondary N) is 1. The van der Waals surface area contributed by atoms with Gasteiger partial charge < -0.3 is 5.32 Å². The Morgan fingerprint density at radius 1 is 1.28 bits per heavy atom. The molecule has 0 radical (unpaired) electrons. The van der Waals surface area contributed by atoms with Gasteiger partial charge in [-0.2, -0.15) is 0 Å². The van der Waals surface area contributed by atoms with Crippen LogP contribution in [0.5, 0.6) is 0 Å². The monoisotopic (exact) mass is 383 g/mol. The number of amides is 3. The summed E-state index contributed by atoms with van der Waals surface area (Å²) in [7, 11) is 1.85. The molecule has 2 aliphatic rings. The molecular weight excluding hydrogens is 361 g/mol. The number of hydrogen-bond donors (Lipinski definition) is 1. The maximum atomic E-state index is 12.9. The Labute approximate surface area is 158 Å². The molecule has 3 rings (SSSR count). The van der Waals surface area contributed by atoms with Crippen molar-refractivity contribution in [3.05, 3.63) is 33.8 Å². The van der Waals surface area contributed by atoms with Gasteiger partial charge in [-0.1, -0.05) is 42.3 Å². The second kappa shape index (κ2) is 7.14. The van der Waals surface area contributed by atoms with Gasteiger partial charge in [0.25, 0.3) is 5.91 Å². The zero-order valence-corrected chi connectivity index (χ0v) is 16.0. The first-order valence-corrected chi connectivity index (χ1v) is 9.33. The van der Waals surface area contributed by atoms with E-state index >= 15 is 0 Å². The maximum absolute atomic E-state index is 12.9. The van der Waals surface area contributed by atoms with Crippen LogP contribution in [0.15, 0.2) is 18.2 Å². The highest BCUT2D eigenvalue weighted by molar-refractivity contribution is 6.42. The summed E-state index contributed by atoms with van der Waals surface area (Å²) in [6.07, 6.45) is 3.37. The first kappa shape index (κ1) is 18.5. The molecule has 3 amide bonds. The summed E-state index contributed by atoms with van der Waals surface area (Å²) in [6, 6.07) is 5.16. The normalized spacial score (nSPS) is 26.6. The molecule has 1 aliphatic heterocycles. The van der Waals surface area contributed by atoms with Gasteiger partial charge in [0.05, 0.1) is 16.7 Å². The Bertz CT molecular complexity index is 687. The van der Waals surface area contributed by atoms with Gasteiger partial charge in [-0.05, 0) is 50.3 Å². The third-order valence-corrected chi connectivity index (χ3v) is 6.09. The molecule has 5 nitrogen and oxygen atoms in total. The van der Waals surface area contributed by atoms with Gasteiger partial charge in [0.2, 0.25) is 0 Å². The second-order valence-electron chi connectivity index (χ2n) is 7.30. The highest BCUT2D eigenvalue weighted by atomic mass is 35.5. The largest absolute Gasteiger partial charge is 0.326 e. The molecule has 7 heteroatoms. The zero-order valence-electron chi connectivity index (χ0n) is 14.5. The van der Waals surface area contributed by atoms with Crippen molar-refractivity contribution in [2.75, 3.05) is 13.7 Å². The smallest absolute Gasteiger partial charge is 0.323 e. The van der Waals surface area contributed by atoms with Gasteiger partial charge in [0.15, 0.2) is 0 Å². The molecule has 1 spiro atoms. The van der Waals surface area contributed by atoms with Crippen LogP contribution in [-0.4, -0.2) is 41.0 Å². The van der Waals surface area contributed by atoms with Crippen molar-refractivity contribution in [3.63, 3.8) is 0 Å². The molecule has 1 aromatic rings. The summed E-state index contributed by atoms with van der Waals surface area (Å²) >= 11 is 12.3. The van der Waals surface area contributed by atoms with Crippen LogP contribution in [0.1, 0.15) is 38.2 Å². The fourth-order valence-corrected chi connectivity index (χ4v) is 4.03. The first-order valence-electron chi connectivity index (χ1n) is 8.58. The molecule has 0 aromatic heterocycles. The molecule has 1 aliphatic carbocycles. The van der Waals surface area contributed by atoms with Crippen LogP contribution < -0.4 is 5.32 Å². The molecule has 136 valence electrons. The average Bonchev–Trinajstić information content (AvgIpc) is 2.79. The lowest BCUT2D eigenvalue weighted by atomic mass is 9.77. The van der Waals surface area contributed by atoms with E-state index in [-0.39, 0.29) is 18.6 Å². The molecule has 0 atom stereocenters. The lowest BCUT2D eigenvalue weighted by molar-refractivity contribution is -0.134. The van der Waals surface area contributed by atoms with Crippen molar-refractivity contribution in [3.8, 4) is 0 Å². The fraction of sp³-hybridized carbons (Fsp3) is 0.556. The highest BCUT2D eigenvalue weighted by Gasteiger charge is 2.52. The molecule has 2 fully saturated rings. The van der Waals surface area contributed by atoms with E-state index in [0.717, 1.165) is 31.2 Å². The number of benzene rings is 1. The number of carbonyl (C=O) groups excluding carboxylic acids is 2. The van der Waals surface area contributed by atoms with Crippen LogP contribution in [0, 0.1) is 5.92 Å². The van der Waals surface area contributed by atoms with Gasteiger partial charge >= 0.3 is 6.03 Å². The molecule has 0 unspecified atom stereocenters. The first-order chi connectivity index (χ1) is 11.8. The van der Waals surface area contributed by atoms with Crippen LogP contribution in [-0.2, 0) is 11.3 Å². The minimum Gasteiger partial charge on any atom is -0.323 e. The van der Waals surface area contributed by atoms with Crippen LogP contribution >= 0.6 is 23.2 Å². The molecule has 1 saturated carbocycles. The topological polar surface area (TPSA) is 52.7 Å². The third-order valence-electron chi connectivity index (χ3n) is 5.23. The van der Waals surface area contributed by atoms with Gasteiger partial charge in [0.1, 0.15) is 5.54 Å². The Morgan fingerprint density at radius 2 is 1.96 bits per heavy atom. The average molecular weight is 384 g/mol. The molecular formula is C18H23Cl2N3O2. The van der Waals surface area contributed by atoms with Crippen molar-refractivity contribution in [2.24, 2.45) is 5.92 Å². The van der Waals surface area contributed by atoms with E-state index in [2.05, 4.69) is 12.2 Å². The third kappa shape index (κ3) is 3.64. The van der Waals surface area contributed by atoms with Crippen molar-refractivity contribution in [2.45, 2.75) is 44.7 Å². The fourth-order valence-electron chi connectivity index (χ4n) is 3.65. The Morgan fingerprint density at radius 3 is 2.64 bits per heavy atom. The molecule has 25 heavy (non-hydrogen) atoms. The number of nitrogens with zero attached hydrogens (tertiary/aromatic N) is 2. The van der Waals surface area contributed by atoms with E-state index in [9.17, 15) is 9.59 Å². The van der Waals surface area contributed by atoms with Crippen LogP contribution in [0.2, 0.25) is 10.0 Å². The zero-order chi connectivity index (χ0) is 18.2. The van der Waals surface area contributed by atoms with E-state index in [4.69, 9.17) is 23.2 Å².